The first-order valence-electron chi connectivity index (χ1n) is 5.36. The van der Waals surface area contributed by atoms with Crippen LogP contribution in [-0.4, -0.2) is 27.8 Å². The first-order chi connectivity index (χ1) is 7.68. The monoisotopic (exact) mass is 227 g/mol. The van der Waals surface area contributed by atoms with E-state index in [9.17, 15) is 4.79 Å². The van der Waals surface area contributed by atoms with Gasteiger partial charge in [0.2, 0.25) is 6.39 Å². The largest absolute Gasteiger partial charge is 0.481 e. The molecular weight excluding hydrogens is 210 g/mol. The van der Waals surface area contributed by atoms with Crippen LogP contribution in [0.1, 0.15) is 32.0 Å². The summed E-state index contributed by atoms with van der Waals surface area (Å²) in [5.41, 5.74) is 0. The van der Waals surface area contributed by atoms with E-state index in [1.807, 2.05) is 0 Å². The third kappa shape index (κ3) is 5.45. The molecule has 1 aromatic rings. The zero-order chi connectivity index (χ0) is 11.8. The van der Waals surface area contributed by atoms with E-state index in [2.05, 4.69) is 26.9 Å². The molecule has 0 aliphatic rings. The van der Waals surface area contributed by atoms with Gasteiger partial charge in [0.15, 0.2) is 5.82 Å². The molecule has 0 saturated heterocycles. The van der Waals surface area contributed by atoms with Crippen LogP contribution in [0.15, 0.2) is 10.9 Å². The summed E-state index contributed by atoms with van der Waals surface area (Å²) >= 11 is 0. The lowest BCUT2D eigenvalue weighted by molar-refractivity contribution is -0.137. The van der Waals surface area contributed by atoms with Gasteiger partial charge in [-0.25, -0.2) is 0 Å². The average Bonchev–Trinajstić information content (AvgIpc) is 2.74. The second kappa shape index (κ2) is 6.95. The molecule has 0 aliphatic heterocycles. The van der Waals surface area contributed by atoms with E-state index in [0.29, 0.717) is 18.3 Å². The number of hydrogen-bond acceptors (Lipinski definition) is 5. The minimum absolute atomic E-state index is 0.242. The second-order valence-corrected chi connectivity index (χ2v) is 3.85. The van der Waals surface area contributed by atoms with E-state index in [1.165, 1.54) is 6.39 Å². The smallest absolute Gasteiger partial charge is 0.303 e. The van der Waals surface area contributed by atoms with Crippen LogP contribution in [0.5, 0.6) is 0 Å². The number of rotatable bonds is 8. The Kier molecular flexibility index (Phi) is 5.49. The van der Waals surface area contributed by atoms with Crippen molar-refractivity contribution in [3.05, 3.63) is 12.2 Å². The quantitative estimate of drug-likeness (QED) is 0.645. The lowest BCUT2D eigenvalue weighted by atomic mass is 10.0. The Hall–Kier alpha value is -1.43. The highest BCUT2D eigenvalue weighted by molar-refractivity contribution is 5.66. The van der Waals surface area contributed by atoms with Crippen molar-refractivity contribution in [1.29, 1.82) is 0 Å². The van der Waals surface area contributed by atoms with Gasteiger partial charge in [0.1, 0.15) is 0 Å². The van der Waals surface area contributed by atoms with Gasteiger partial charge in [0.05, 0.1) is 6.54 Å². The molecule has 1 rings (SSSR count). The molecule has 0 amide bonds. The van der Waals surface area contributed by atoms with Crippen LogP contribution in [0.2, 0.25) is 0 Å². The molecule has 90 valence electrons. The van der Waals surface area contributed by atoms with Crippen molar-refractivity contribution >= 4 is 5.97 Å². The SMILES string of the molecule is CC(CCNCc1ncon1)CCC(=O)O. The molecule has 1 atom stereocenters. The summed E-state index contributed by atoms with van der Waals surface area (Å²) < 4.78 is 4.59. The third-order valence-corrected chi connectivity index (χ3v) is 2.35. The maximum absolute atomic E-state index is 10.3. The molecule has 2 N–H and O–H groups in total. The Labute approximate surface area is 94.0 Å². The van der Waals surface area contributed by atoms with Crippen molar-refractivity contribution in [2.45, 2.75) is 32.7 Å². The molecule has 16 heavy (non-hydrogen) atoms. The van der Waals surface area contributed by atoms with Gasteiger partial charge in [0, 0.05) is 6.42 Å². The van der Waals surface area contributed by atoms with Gasteiger partial charge in [0.25, 0.3) is 0 Å². The van der Waals surface area contributed by atoms with Crippen LogP contribution < -0.4 is 5.32 Å². The highest BCUT2D eigenvalue weighted by atomic mass is 16.5. The number of carboxylic acids is 1. The zero-order valence-corrected chi connectivity index (χ0v) is 9.35. The Morgan fingerprint density at radius 3 is 3.06 bits per heavy atom. The molecule has 0 aromatic carbocycles. The van der Waals surface area contributed by atoms with E-state index in [1.54, 1.807) is 0 Å². The molecule has 6 heteroatoms. The molecule has 0 saturated carbocycles. The molecule has 6 nitrogen and oxygen atoms in total. The molecule has 0 aliphatic carbocycles. The minimum atomic E-state index is -0.730. The van der Waals surface area contributed by atoms with Gasteiger partial charge < -0.3 is 14.9 Å². The fraction of sp³-hybridized carbons (Fsp3) is 0.700. The molecule has 0 fully saturated rings. The summed E-state index contributed by atoms with van der Waals surface area (Å²) in [4.78, 5) is 14.2. The normalized spacial score (nSPS) is 12.6. The van der Waals surface area contributed by atoms with Crippen molar-refractivity contribution < 1.29 is 14.4 Å². The first-order valence-corrected chi connectivity index (χ1v) is 5.36. The van der Waals surface area contributed by atoms with Gasteiger partial charge in [-0.2, -0.15) is 4.98 Å². The molecule has 1 aromatic heterocycles. The molecule has 1 heterocycles. The van der Waals surface area contributed by atoms with Crippen LogP contribution in [0.3, 0.4) is 0 Å². The summed E-state index contributed by atoms with van der Waals surface area (Å²) in [5.74, 6) is 0.318. The van der Waals surface area contributed by atoms with Crippen molar-refractivity contribution in [1.82, 2.24) is 15.5 Å². The average molecular weight is 227 g/mol. The summed E-state index contributed by atoms with van der Waals surface area (Å²) in [6.07, 6.45) is 3.21. The topological polar surface area (TPSA) is 88.3 Å². The molecule has 1 unspecified atom stereocenters. The van der Waals surface area contributed by atoms with Crippen LogP contribution in [0.25, 0.3) is 0 Å². The number of aromatic nitrogens is 2. The predicted octanol–water partition coefficient (Wildman–Crippen LogP) is 1.05. The van der Waals surface area contributed by atoms with Gasteiger partial charge in [-0.1, -0.05) is 12.1 Å². The summed E-state index contributed by atoms with van der Waals surface area (Å²) in [6, 6.07) is 0. The predicted molar refractivity (Wildman–Crippen MR) is 56.7 cm³/mol. The fourth-order valence-corrected chi connectivity index (χ4v) is 1.33. The van der Waals surface area contributed by atoms with Crippen LogP contribution in [0.4, 0.5) is 0 Å². The van der Waals surface area contributed by atoms with Crippen LogP contribution in [0, 0.1) is 5.92 Å². The maximum atomic E-state index is 10.3. The summed E-state index contributed by atoms with van der Waals surface area (Å²) in [5, 5.41) is 15.4. The first kappa shape index (κ1) is 12.6. The van der Waals surface area contributed by atoms with E-state index >= 15 is 0 Å². The molecular formula is C10H17N3O3. The zero-order valence-electron chi connectivity index (χ0n) is 9.35. The van der Waals surface area contributed by atoms with E-state index < -0.39 is 5.97 Å². The number of nitrogens with one attached hydrogen (secondary N) is 1. The fourth-order valence-electron chi connectivity index (χ4n) is 1.33. The number of aliphatic carboxylic acids is 1. The lowest BCUT2D eigenvalue weighted by Crippen LogP contribution is -2.18. The van der Waals surface area contributed by atoms with Crippen molar-refractivity contribution in [2.24, 2.45) is 5.92 Å². The van der Waals surface area contributed by atoms with Crippen LogP contribution in [-0.2, 0) is 11.3 Å². The summed E-state index contributed by atoms with van der Waals surface area (Å²) in [6.45, 7) is 3.47. The Bertz CT molecular complexity index is 300. The highest BCUT2D eigenvalue weighted by Crippen LogP contribution is 2.09. The van der Waals surface area contributed by atoms with Crippen molar-refractivity contribution in [3.8, 4) is 0 Å². The number of nitrogens with zero attached hydrogens (tertiary/aromatic N) is 2. The van der Waals surface area contributed by atoms with Crippen LogP contribution >= 0.6 is 0 Å². The Morgan fingerprint density at radius 2 is 2.44 bits per heavy atom. The summed E-state index contributed by atoms with van der Waals surface area (Å²) in [7, 11) is 0. The van der Waals surface area contributed by atoms with Gasteiger partial charge in [-0.15, -0.1) is 0 Å². The lowest BCUT2D eigenvalue weighted by Gasteiger charge is -2.09. The Morgan fingerprint density at radius 1 is 1.62 bits per heavy atom. The van der Waals surface area contributed by atoms with Crippen molar-refractivity contribution in [3.63, 3.8) is 0 Å². The highest BCUT2D eigenvalue weighted by Gasteiger charge is 2.05. The molecule has 0 bridgehead atoms. The number of carbonyl (C=O) groups is 1. The minimum Gasteiger partial charge on any atom is -0.481 e. The number of hydrogen-bond donors (Lipinski definition) is 2. The Balaban J connectivity index is 2.00. The third-order valence-electron chi connectivity index (χ3n) is 2.35. The molecule has 0 spiro atoms. The van der Waals surface area contributed by atoms with Gasteiger partial charge >= 0.3 is 5.97 Å². The van der Waals surface area contributed by atoms with E-state index in [-0.39, 0.29) is 6.42 Å². The van der Waals surface area contributed by atoms with Gasteiger partial charge in [-0.3, -0.25) is 4.79 Å². The maximum Gasteiger partial charge on any atom is 0.303 e. The number of carboxylic acid groups (broad SMARTS) is 1. The van der Waals surface area contributed by atoms with E-state index in [4.69, 9.17) is 5.11 Å². The molecule has 0 radical (unpaired) electrons. The second-order valence-electron chi connectivity index (χ2n) is 3.85. The standard InChI is InChI=1S/C10H17N3O3/c1-8(2-3-10(14)15)4-5-11-6-9-12-7-16-13-9/h7-8,11H,2-6H2,1H3,(H,14,15). The van der Waals surface area contributed by atoms with E-state index in [0.717, 1.165) is 19.4 Å². The van der Waals surface area contributed by atoms with Gasteiger partial charge in [-0.05, 0) is 25.3 Å². The van der Waals surface area contributed by atoms with Crippen molar-refractivity contribution in [2.75, 3.05) is 6.54 Å².